The number of fused-ring (bicyclic) bond motifs is 2. The SMILES string of the molecule is Cl.Cl.O=C1C(=O)c2ccc(N3CCOCC3)cc2C2=C1SCC1(CCNCC1)O2. The highest BCUT2D eigenvalue weighted by Gasteiger charge is 2.45. The molecule has 0 saturated carbocycles. The van der Waals surface area contributed by atoms with Gasteiger partial charge >= 0.3 is 0 Å². The number of ether oxygens (including phenoxy) is 2. The number of hydrogen-bond donors (Lipinski definition) is 1. The number of benzene rings is 1. The van der Waals surface area contributed by atoms with E-state index >= 15 is 0 Å². The maximum absolute atomic E-state index is 12.6. The van der Waals surface area contributed by atoms with Crippen LogP contribution in [0.2, 0.25) is 0 Å². The zero-order chi connectivity index (χ0) is 18.4. The Balaban J connectivity index is 0.00000120. The van der Waals surface area contributed by atoms with Crippen molar-refractivity contribution >= 4 is 59.6 Å². The van der Waals surface area contributed by atoms with Crippen molar-refractivity contribution in [3.05, 3.63) is 34.2 Å². The molecule has 1 spiro atoms. The standard InChI is InChI=1S/C20H22N2O4S.2ClH/c23-16-14-2-1-13(22-7-9-25-10-8-22)11-15(14)18-19(17(16)24)27-12-20(26-18)3-5-21-6-4-20;;/h1-2,11,21H,3-10,12H2;2*1H. The van der Waals surface area contributed by atoms with E-state index < -0.39 is 11.6 Å². The van der Waals surface area contributed by atoms with Crippen LogP contribution in [-0.2, 0) is 14.3 Å². The van der Waals surface area contributed by atoms with Crippen molar-refractivity contribution < 1.29 is 19.1 Å². The number of halogens is 2. The third kappa shape index (κ3) is 3.91. The van der Waals surface area contributed by atoms with Crippen LogP contribution >= 0.6 is 36.6 Å². The van der Waals surface area contributed by atoms with E-state index in [1.807, 2.05) is 12.1 Å². The van der Waals surface area contributed by atoms with Crippen LogP contribution in [0.3, 0.4) is 0 Å². The lowest BCUT2D eigenvalue weighted by Crippen LogP contribution is -2.48. The van der Waals surface area contributed by atoms with Crippen molar-refractivity contribution in [3.63, 3.8) is 0 Å². The van der Waals surface area contributed by atoms with Gasteiger partial charge in [0.25, 0.3) is 0 Å². The Kier molecular flexibility index (Phi) is 6.85. The molecule has 1 aromatic rings. The van der Waals surface area contributed by atoms with Crippen LogP contribution in [0, 0.1) is 0 Å². The van der Waals surface area contributed by atoms with Crippen LogP contribution in [0.15, 0.2) is 23.1 Å². The van der Waals surface area contributed by atoms with E-state index in [4.69, 9.17) is 9.47 Å². The summed E-state index contributed by atoms with van der Waals surface area (Å²) in [4.78, 5) is 28.0. The predicted octanol–water partition coefficient (Wildman–Crippen LogP) is 2.69. The second kappa shape index (κ2) is 8.86. The molecule has 1 aliphatic carbocycles. The van der Waals surface area contributed by atoms with Gasteiger partial charge in [0.05, 0.1) is 13.2 Å². The van der Waals surface area contributed by atoms with E-state index in [1.165, 1.54) is 11.8 Å². The van der Waals surface area contributed by atoms with Gasteiger partial charge < -0.3 is 19.7 Å². The molecule has 0 amide bonds. The fourth-order valence-electron chi connectivity index (χ4n) is 4.20. The minimum absolute atomic E-state index is 0. The van der Waals surface area contributed by atoms with Gasteiger partial charge in [-0.15, -0.1) is 36.6 Å². The lowest BCUT2D eigenvalue weighted by Gasteiger charge is -2.43. The first-order valence-corrected chi connectivity index (χ1v) is 10.5. The van der Waals surface area contributed by atoms with Gasteiger partial charge in [-0.2, -0.15) is 0 Å². The zero-order valence-electron chi connectivity index (χ0n) is 15.9. The average Bonchev–Trinajstić information content (AvgIpc) is 2.73. The fraction of sp³-hybridized carbons (Fsp3) is 0.500. The number of hydrogen-bond acceptors (Lipinski definition) is 7. The first kappa shape index (κ1) is 22.4. The lowest BCUT2D eigenvalue weighted by atomic mass is 9.90. The molecular formula is C20H24Cl2N2O4S. The number of piperidine rings is 1. The van der Waals surface area contributed by atoms with Crippen LogP contribution in [0.25, 0.3) is 5.76 Å². The summed E-state index contributed by atoms with van der Waals surface area (Å²) in [7, 11) is 0. The van der Waals surface area contributed by atoms with E-state index in [-0.39, 0.29) is 30.4 Å². The Morgan fingerprint density at radius 3 is 2.45 bits per heavy atom. The molecule has 3 aliphatic heterocycles. The van der Waals surface area contributed by atoms with Crippen molar-refractivity contribution in [1.29, 1.82) is 0 Å². The maximum atomic E-state index is 12.6. The third-order valence-corrected chi connectivity index (χ3v) is 7.13. The summed E-state index contributed by atoms with van der Waals surface area (Å²) < 4.78 is 12.0. The number of anilines is 1. The Hall–Kier alpha value is -1.25. The minimum Gasteiger partial charge on any atom is -0.484 e. The first-order valence-electron chi connectivity index (χ1n) is 9.50. The van der Waals surface area contributed by atoms with Gasteiger partial charge in [-0.05, 0) is 31.3 Å². The molecule has 0 bridgehead atoms. The van der Waals surface area contributed by atoms with Gasteiger partial charge in [0.15, 0.2) is 0 Å². The number of ketones is 2. The first-order chi connectivity index (χ1) is 13.2. The third-order valence-electron chi connectivity index (χ3n) is 5.80. The van der Waals surface area contributed by atoms with E-state index in [9.17, 15) is 9.59 Å². The second-order valence-electron chi connectivity index (χ2n) is 7.47. The number of morpholine rings is 1. The average molecular weight is 459 g/mol. The number of nitrogens with one attached hydrogen (secondary N) is 1. The molecule has 29 heavy (non-hydrogen) atoms. The summed E-state index contributed by atoms with van der Waals surface area (Å²) in [5.41, 5.74) is 2.03. The molecule has 9 heteroatoms. The lowest BCUT2D eigenvalue weighted by molar-refractivity contribution is -0.111. The summed E-state index contributed by atoms with van der Waals surface area (Å²) >= 11 is 1.49. The molecule has 0 aromatic heterocycles. The highest BCUT2D eigenvalue weighted by atomic mass is 35.5. The molecule has 4 aliphatic rings. The highest BCUT2D eigenvalue weighted by Crippen LogP contribution is 2.47. The molecule has 6 nitrogen and oxygen atoms in total. The fourth-order valence-corrected chi connectivity index (χ4v) is 5.46. The monoisotopic (exact) mass is 458 g/mol. The van der Waals surface area contributed by atoms with Gasteiger partial charge in [0.2, 0.25) is 11.6 Å². The number of Topliss-reactive ketones (excluding diaryl/α,β-unsaturated/α-hetero) is 2. The number of carbonyl (C=O) groups is 2. The van der Waals surface area contributed by atoms with Crippen molar-refractivity contribution in [1.82, 2.24) is 5.32 Å². The summed E-state index contributed by atoms with van der Waals surface area (Å²) in [5, 5.41) is 3.37. The van der Waals surface area contributed by atoms with Crippen LogP contribution in [0.5, 0.6) is 0 Å². The smallest absolute Gasteiger partial charge is 0.243 e. The highest BCUT2D eigenvalue weighted by molar-refractivity contribution is 8.04. The molecule has 2 saturated heterocycles. The van der Waals surface area contributed by atoms with Gasteiger partial charge in [-0.1, -0.05) is 0 Å². The number of carbonyl (C=O) groups excluding carboxylic acids is 2. The van der Waals surface area contributed by atoms with Gasteiger partial charge in [-0.25, -0.2) is 0 Å². The van der Waals surface area contributed by atoms with E-state index in [1.54, 1.807) is 6.07 Å². The summed E-state index contributed by atoms with van der Waals surface area (Å²) in [6.07, 6.45) is 1.83. The topological polar surface area (TPSA) is 67.9 Å². The number of nitrogens with zero attached hydrogens (tertiary/aromatic N) is 1. The number of allylic oxidation sites excluding steroid dienone is 1. The van der Waals surface area contributed by atoms with Crippen LogP contribution in [0.4, 0.5) is 5.69 Å². The molecule has 1 aromatic carbocycles. The molecule has 2 fully saturated rings. The summed E-state index contributed by atoms with van der Waals surface area (Å²) in [6, 6.07) is 5.72. The minimum atomic E-state index is -0.426. The molecule has 1 N–H and O–H groups in total. The van der Waals surface area contributed by atoms with Crippen LogP contribution in [0.1, 0.15) is 28.8 Å². The molecular weight excluding hydrogens is 435 g/mol. The van der Waals surface area contributed by atoms with Gasteiger partial charge in [0, 0.05) is 48.5 Å². The van der Waals surface area contributed by atoms with Gasteiger partial charge in [-0.3, -0.25) is 9.59 Å². The number of rotatable bonds is 1. The molecule has 3 heterocycles. The van der Waals surface area contributed by atoms with Crippen molar-refractivity contribution in [3.8, 4) is 0 Å². The quantitative estimate of drug-likeness (QED) is 0.648. The molecule has 158 valence electrons. The molecule has 0 atom stereocenters. The Bertz CT molecular complexity index is 849. The Morgan fingerprint density at radius 2 is 1.72 bits per heavy atom. The maximum Gasteiger partial charge on any atom is 0.243 e. The van der Waals surface area contributed by atoms with Crippen molar-refractivity contribution in [2.75, 3.05) is 50.0 Å². The second-order valence-corrected chi connectivity index (χ2v) is 8.46. The van der Waals surface area contributed by atoms with Gasteiger partial charge in [0.1, 0.15) is 16.3 Å². The molecule has 5 rings (SSSR count). The Morgan fingerprint density at radius 1 is 1.00 bits per heavy atom. The Labute approximate surface area is 186 Å². The van der Waals surface area contributed by atoms with Crippen molar-refractivity contribution in [2.45, 2.75) is 18.4 Å². The van der Waals surface area contributed by atoms with Crippen LogP contribution in [-0.4, -0.2) is 62.3 Å². The van der Waals surface area contributed by atoms with E-state index in [0.717, 1.165) is 56.0 Å². The number of thioether (sulfide) groups is 1. The van der Waals surface area contributed by atoms with Crippen LogP contribution < -0.4 is 10.2 Å². The van der Waals surface area contributed by atoms with E-state index in [2.05, 4.69) is 10.2 Å². The largest absolute Gasteiger partial charge is 0.484 e. The van der Waals surface area contributed by atoms with Crippen molar-refractivity contribution in [2.24, 2.45) is 0 Å². The van der Waals surface area contributed by atoms with E-state index in [0.29, 0.717) is 29.4 Å². The summed E-state index contributed by atoms with van der Waals surface area (Å²) in [5.74, 6) is 0.494. The molecule has 0 radical (unpaired) electrons. The predicted molar refractivity (Wildman–Crippen MR) is 119 cm³/mol. The zero-order valence-corrected chi connectivity index (χ0v) is 18.4. The summed E-state index contributed by atoms with van der Waals surface area (Å²) in [6.45, 7) is 4.87. The molecule has 0 unspecified atom stereocenters. The normalized spacial score (nSPS) is 22.8.